The molecule has 0 amide bonds. The van der Waals surface area contributed by atoms with Gasteiger partial charge in [0.05, 0.1) is 23.3 Å². The van der Waals surface area contributed by atoms with Gasteiger partial charge in [0, 0.05) is 0 Å². The van der Waals surface area contributed by atoms with Gasteiger partial charge in [-0.2, -0.15) is 5.10 Å². The van der Waals surface area contributed by atoms with Gasteiger partial charge in [0.1, 0.15) is 28.9 Å². The standard InChI is InChI=1S/C20H11FN4O3/c21-12-5-7-13(8-6-12)25-19-15(10-24-25)20(23-11-22-19)28-17-9-18(26)27-16-4-2-1-3-14(16)17/h1-11H. The van der Waals surface area contributed by atoms with Crippen LogP contribution in [0.15, 0.2) is 76.3 Å². The summed E-state index contributed by atoms with van der Waals surface area (Å²) in [6, 6.07) is 14.2. The number of hydrogen-bond acceptors (Lipinski definition) is 6. The second-order valence-corrected chi connectivity index (χ2v) is 5.98. The molecule has 136 valence electrons. The van der Waals surface area contributed by atoms with Crippen molar-refractivity contribution < 1.29 is 13.5 Å². The molecule has 2 aromatic carbocycles. The van der Waals surface area contributed by atoms with Gasteiger partial charge in [0.15, 0.2) is 5.65 Å². The monoisotopic (exact) mass is 374 g/mol. The third kappa shape index (κ3) is 2.67. The van der Waals surface area contributed by atoms with E-state index in [1.807, 2.05) is 6.07 Å². The van der Waals surface area contributed by atoms with Gasteiger partial charge < -0.3 is 9.15 Å². The maximum absolute atomic E-state index is 13.2. The number of para-hydroxylation sites is 1. The maximum atomic E-state index is 13.2. The third-order valence-electron chi connectivity index (χ3n) is 4.22. The Kier molecular flexibility index (Phi) is 3.61. The van der Waals surface area contributed by atoms with Crippen molar-refractivity contribution in [3.63, 3.8) is 0 Å². The van der Waals surface area contributed by atoms with Crippen molar-refractivity contribution in [2.24, 2.45) is 0 Å². The van der Waals surface area contributed by atoms with Crippen LogP contribution in [0.4, 0.5) is 4.39 Å². The van der Waals surface area contributed by atoms with Gasteiger partial charge in [-0.15, -0.1) is 0 Å². The molecule has 0 N–H and O–H groups in total. The zero-order valence-corrected chi connectivity index (χ0v) is 14.2. The number of rotatable bonds is 3. The summed E-state index contributed by atoms with van der Waals surface area (Å²) < 4.78 is 25.9. The lowest BCUT2D eigenvalue weighted by molar-refractivity contribution is 0.462. The summed E-state index contributed by atoms with van der Waals surface area (Å²) >= 11 is 0. The molecule has 5 rings (SSSR count). The van der Waals surface area contributed by atoms with E-state index >= 15 is 0 Å². The Morgan fingerprint density at radius 2 is 1.82 bits per heavy atom. The van der Waals surface area contributed by atoms with Crippen LogP contribution in [0.1, 0.15) is 0 Å². The number of benzene rings is 2. The molecule has 0 radical (unpaired) electrons. The largest absolute Gasteiger partial charge is 0.437 e. The van der Waals surface area contributed by atoms with Gasteiger partial charge in [-0.3, -0.25) is 0 Å². The van der Waals surface area contributed by atoms with Crippen LogP contribution in [0.25, 0.3) is 27.7 Å². The second kappa shape index (κ2) is 6.27. The Morgan fingerprint density at radius 3 is 2.68 bits per heavy atom. The van der Waals surface area contributed by atoms with E-state index in [4.69, 9.17) is 9.15 Å². The van der Waals surface area contributed by atoms with Crippen molar-refractivity contribution in [1.82, 2.24) is 19.7 Å². The summed E-state index contributed by atoms with van der Waals surface area (Å²) in [6.07, 6.45) is 2.90. The molecule has 0 aliphatic heterocycles. The average molecular weight is 374 g/mol. The fourth-order valence-corrected chi connectivity index (χ4v) is 2.95. The predicted molar refractivity (Wildman–Crippen MR) is 99.2 cm³/mol. The minimum absolute atomic E-state index is 0.245. The van der Waals surface area contributed by atoms with Crippen molar-refractivity contribution in [3.05, 3.63) is 83.4 Å². The highest BCUT2D eigenvalue weighted by atomic mass is 19.1. The van der Waals surface area contributed by atoms with E-state index < -0.39 is 5.63 Å². The first kappa shape index (κ1) is 16.1. The maximum Gasteiger partial charge on any atom is 0.339 e. The van der Waals surface area contributed by atoms with Crippen LogP contribution in [0.3, 0.4) is 0 Å². The molecule has 3 aromatic heterocycles. The zero-order valence-electron chi connectivity index (χ0n) is 14.2. The van der Waals surface area contributed by atoms with E-state index in [2.05, 4.69) is 15.1 Å². The van der Waals surface area contributed by atoms with Crippen molar-refractivity contribution in [2.75, 3.05) is 0 Å². The minimum atomic E-state index is -0.527. The predicted octanol–water partition coefficient (Wildman–Crippen LogP) is 3.85. The van der Waals surface area contributed by atoms with E-state index in [1.165, 1.54) is 24.5 Å². The molecule has 0 fully saturated rings. The topological polar surface area (TPSA) is 83.0 Å². The highest BCUT2D eigenvalue weighted by Crippen LogP contribution is 2.31. The summed E-state index contributed by atoms with van der Waals surface area (Å²) in [5.74, 6) is 0.226. The summed E-state index contributed by atoms with van der Waals surface area (Å²) in [5.41, 5.74) is 1.02. The van der Waals surface area contributed by atoms with Crippen LogP contribution in [0.2, 0.25) is 0 Å². The minimum Gasteiger partial charge on any atom is -0.437 e. The quantitative estimate of drug-likeness (QED) is 0.446. The molecular weight excluding hydrogens is 363 g/mol. The fraction of sp³-hybridized carbons (Fsp3) is 0. The van der Waals surface area contributed by atoms with E-state index in [0.29, 0.717) is 33.4 Å². The Morgan fingerprint density at radius 1 is 1.00 bits per heavy atom. The van der Waals surface area contributed by atoms with Crippen molar-refractivity contribution in [2.45, 2.75) is 0 Å². The van der Waals surface area contributed by atoms with Crippen molar-refractivity contribution in [1.29, 1.82) is 0 Å². The molecule has 0 bridgehead atoms. The highest BCUT2D eigenvalue weighted by molar-refractivity contribution is 5.85. The van der Waals surface area contributed by atoms with Crippen LogP contribution < -0.4 is 10.4 Å². The second-order valence-electron chi connectivity index (χ2n) is 5.98. The Balaban J connectivity index is 1.63. The SMILES string of the molecule is O=c1cc(Oc2ncnc3c2cnn3-c2ccc(F)cc2)c2ccccc2o1. The number of nitrogens with zero attached hydrogens (tertiary/aromatic N) is 4. The molecule has 7 nitrogen and oxygen atoms in total. The first-order chi connectivity index (χ1) is 13.7. The molecule has 0 saturated carbocycles. The Bertz CT molecular complexity index is 1380. The van der Waals surface area contributed by atoms with Crippen molar-refractivity contribution in [3.8, 4) is 17.3 Å². The molecule has 0 aliphatic rings. The molecule has 0 spiro atoms. The summed E-state index contributed by atoms with van der Waals surface area (Å²) in [5, 5.41) is 5.49. The van der Waals surface area contributed by atoms with Crippen LogP contribution in [0.5, 0.6) is 11.6 Å². The number of hydrogen-bond donors (Lipinski definition) is 0. The normalized spacial score (nSPS) is 11.2. The fourth-order valence-electron chi connectivity index (χ4n) is 2.95. The molecule has 3 heterocycles. The molecule has 0 atom stereocenters. The average Bonchev–Trinajstić information content (AvgIpc) is 3.14. The van der Waals surface area contributed by atoms with Crippen LogP contribution in [-0.4, -0.2) is 19.7 Å². The van der Waals surface area contributed by atoms with Gasteiger partial charge in [-0.1, -0.05) is 12.1 Å². The summed E-state index contributed by atoms with van der Waals surface area (Å²) in [7, 11) is 0. The van der Waals surface area contributed by atoms with Crippen LogP contribution >= 0.6 is 0 Å². The molecule has 28 heavy (non-hydrogen) atoms. The van der Waals surface area contributed by atoms with Crippen LogP contribution in [0, 0.1) is 5.82 Å². The number of halogens is 1. The van der Waals surface area contributed by atoms with E-state index in [1.54, 1.807) is 41.2 Å². The lowest BCUT2D eigenvalue weighted by Gasteiger charge is -2.08. The van der Waals surface area contributed by atoms with E-state index in [9.17, 15) is 9.18 Å². The molecule has 0 unspecified atom stereocenters. The lowest BCUT2D eigenvalue weighted by Crippen LogP contribution is -2.00. The lowest BCUT2D eigenvalue weighted by atomic mass is 10.2. The summed E-state index contributed by atoms with van der Waals surface area (Å²) in [4.78, 5) is 20.3. The van der Waals surface area contributed by atoms with Gasteiger partial charge in [-0.05, 0) is 36.4 Å². The Hall–Kier alpha value is -4.07. The van der Waals surface area contributed by atoms with Gasteiger partial charge >= 0.3 is 5.63 Å². The smallest absolute Gasteiger partial charge is 0.339 e. The first-order valence-electron chi connectivity index (χ1n) is 8.34. The number of ether oxygens (including phenoxy) is 1. The highest BCUT2D eigenvalue weighted by Gasteiger charge is 2.15. The zero-order chi connectivity index (χ0) is 19.1. The molecule has 8 heteroatoms. The van der Waals surface area contributed by atoms with E-state index in [-0.39, 0.29) is 11.7 Å². The molecule has 5 aromatic rings. The van der Waals surface area contributed by atoms with Gasteiger partial charge in [0.2, 0.25) is 5.88 Å². The third-order valence-corrected chi connectivity index (χ3v) is 4.22. The molecular formula is C20H11FN4O3. The Labute approximate surface area is 156 Å². The van der Waals surface area contributed by atoms with E-state index in [0.717, 1.165) is 0 Å². The van der Waals surface area contributed by atoms with Gasteiger partial charge in [0.25, 0.3) is 0 Å². The molecule has 0 saturated heterocycles. The molecule has 0 aliphatic carbocycles. The first-order valence-corrected chi connectivity index (χ1v) is 8.34. The van der Waals surface area contributed by atoms with Crippen LogP contribution in [-0.2, 0) is 0 Å². The number of aromatic nitrogens is 4. The van der Waals surface area contributed by atoms with Crippen molar-refractivity contribution >= 4 is 22.0 Å². The van der Waals surface area contributed by atoms with Gasteiger partial charge in [-0.25, -0.2) is 23.8 Å². The number of fused-ring (bicyclic) bond motifs is 2. The summed E-state index contributed by atoms with van der Waals surface area (Å²) in [6.45, 7) is 0.